The molecule has 0 aromatic carbocycles. The molecule has 6 heteroatoms. The summed E-state index contributed by atoms with van der Waals surface area (Å²) in [6.07, 6.45) is 4.04. The van der Waals surface area contributed by atoms with E-state index in [0.717, 1.165) is 48.5 Å². The number of nitrogens with one attached hydrogen (secondary N) is 2. The first-order valence-corrected chi connectivity index (χ1v) is 8.27. The summed E-state index contributed by atoms with van der Waals surface area (Å²) >= 11 is 3.52. The van der Waals surface area contributed by atoms with Crippen LogP contribution in [-0.4, -0.2) is 36.3 Å². The standard InChI is InChI=1S/C12H22N4S2/c1-3-6-14-11(13-4-2)15-7-5-9-17-12-16-8-10-18-12/h8,10H,3-7,9H2,1-2H3,(H2,13,14,15). The van der Waals surface area contributed by atoms with Crippen molar-refractivity contribution in [3.8, 4) is 0 Å². The van der Waals surface area contributed by atoms with E-state index >= 15 is 0 Å². The van der Waals surface area contributed by atoms with E-state index in [1.807, 2.05) is 23.3 Å². The summed E-state index contributed by atoms with van der Waals surface area (Å²) < 4.78 is 1.15. The topological polar surface area (TPSA) is 49.3 Å². The summed E-state index contributed by atoms with van der Waals surface area (Å²) in [6, 6.07) is 0. The maximum Gasteiger partial charge on any atom is 0.191 e. The van der Waals surface area contributed by atoms with Crippen LogP contribution in [0.5, 0.6) is 0 Å². The lowest BCUT2D eigenvalue weighted by atomic mass is 10.5. The predicted molar refractivity (Wildman–Crippen MR) is 81.7 cm³/mol. The molecule has 1 aromatic rings. The van der Waals surface area contributed by atoms with E-state index in [1.165, 1.54) is 0 Å². The van der Waals surface area contributed by atoms with E-state index in [0.29, 0.717) is 0 Å². The van der Waals surface area contributed by atoms with Crippen LogP contribution in [0, 0.1) is 0 Å². The van der Waals surface area contributed by atoms with E-state index in [-0.39, 0.29) is 0 Å². The van der Waals surface area contributed by atoms with Crippen LogP contribution in [0.15, 0.2) is 20.9 Å². The van der Waals surface area contributed by atoms with Gasteiger partial charge in [-0.3, -0.25) is 4.99 Å². The van der Waals surface area contributed by atoms with Crippen LogP contribution >= 0.6 is 23.1 Å². The maximum atomic E-state index is 4.46. The number of hydrogen-bond donors (Lipinski definition) is 2. The SMILES string of the molecule is CCCN=C(NCC)NCCCSc1nccs1. The van der Waals surface area contributed by atoms with Crippen LogP contribution in [0.25, 0.3) is 0 Å². The molecule has 0 saturated heterocycles. The molecule has 0 aliphatic rings. The summed E-state index contributed by atoms with van der Waals surface area (Å²) in [5, 5.41) is 8.60. The molecule has 102 valence electrons. The van der Waals surface area contributed by atoms with Crippen LogP contribution in [0.3, 0.4) is 0 Å². The van der Waals surface area contributed by atoms with Gasteiger partial charge in [-0.15, -0.1) is 11.3 Å². The number of hydrogen-bond acceptors (Lipinski definition) is 4. The molecular weight excluding hydrogens is 264 g/mol. The zero-order chi connectivity index (χ0) is 13.1. The van der Waals surface area contributed by atoms with Crippen molar-refractivity contribution in [3.63, 3.8) is 0 Å². The number of guanidine groups is 1. The van der Waals surface area contributed by atoms with E-state index in [4.69, 9.17) is 0 Å². The van der Waals surface area contributed by atoms with Gasteiger partial charge in [-0.05, 0) is 19.8 Å². The molecule has 1 aromatic heterocycles. The zero-order valence-electron chi connectivity index (χ0n) is 11.1. The minimum atomic E-state index is 0.878. The van der Waals surface area contributed by atoms with Gasteiger partial charge in [0.1, 0.15) is 4.34 Å². The highest BCUT2D eigenvalue weighted by Crippen LogP contribution is 2.20. The van der Waals surface area contributed by atoms with E-state index in [9.17, 15) is 0 Å². The molecule has 0 radical (unpaired) electrons. The summed E-state index contributed by atoms with van der Waals surface area (Å²) in [5.41, 5.74) is 0. The van der Waals surface area contributed by atoms with E-state index < -0.39 is 0 Å². The molecule has 2 N–H and O–H groups in total. The highest BCUT2D eigenvalue weighted by molar-refractivity contribution is 8.00. The van der Waals surface area contributed by atoms with Gasteiger partial charge >= 0.3 is 0 Å². The molecule has 1 heterocycles. The third kappa shape index (κ3) is 6.86. The van der Waals surface area contributed by atoms with Crippen LogP contribution in [-0.2, 0) is 0 Å². The van der Waals surface area contributed by atoms with Crippen molar-refractivity contribution in [1.29, 1.82) is 0 Å². The molecule has 0 bridgehead atoms. The van der Waals surface area contributed by atoms with Crippen molar-refractivity contribution in [2.24, 2.45) is 4.99 Å². The molecular formula is C12H22N4S2. The summed E-state index contributed by atoms with van der Waals surface area (Å²) in [6.45, 7) is 6.96. The highest BCUT2D eigenvalue weighted by atomic mass is 32.2. The number of aliphatic imine (C=N–C) groups is 1. The third-order valence-electron chi connectivity index (χ3n) is 2.09. The summed E-state index contributed by atoms with van der Waals surface area (Å²) in [5.74, 6) is 2.02. The number of nitrogens with zero attached hydrogens (tertiary/aromatic N) is 2. The predicted octanol–water partition coefficient (Wildman–Crippen LogP) is 2.59. The summed E-state index contributed by atoms with van der Waals surface area (Å²) in [7, 11) is 0. The molecule has 0 fully saturated rings. The lowest BCUT2D eigenvalue weighted by molar-refractivity contribution is 0.784. The van der Waals surface area contributed by atoms with Crippen molar-refractivity contribution in [1.82, 2.24) is 15.6 Å². The fourth-order valence-electron chi connectivity index (χ4n) is 1.29. The first-order valence-electron chi connectivity index (χ1n) is 6.41. The number of rotatable bonds is 8. The molecule has 0 amide bonds. The van der Waals surface area contributed by atoms with Gasteiger partial charge in [-0.2, -0.15) is 0 Å². The first-order chi connectivity index (χ1) is 8.86. The molecule has 0 saturated carbocycles. The molecule has 0 aliphatic heterocycles. The van der Waals surface area contributed by atoms with Crippen molar-refractivity contribution >= 4 is 29.1 Å². The van der Waals surface area contributed by atoms with Crippen molar-refractivity contribution in [2.45, 2.75) is 31.0 Å². The largest absolute Gasteiger partial charge is 0.357 e. The average Bonchev–Trinajstić information content (AvgIpc) is 2.88. The Kier molecular flexibility index (Phi) is 8.67. The lowest BCUT2D eigenvalue weighted by Gasteiger charge is -2.10. The average molecular weight is 286 g/mol. The molecule has 1 rings (SSSR count). The van der Waals surface area contributed by atoms with Crippen LogP contribution < -0.4 is 10.6 Å². The fourth-order valence-corrected chi connectivity index (χ4v) is 2.93. The minimum absolute atomic E-state index is 0.878. The van der Waals surface area contributed by atoms with E-state index in [2.05, 4.69) is 34.5 Å². The van der Waals surface area contributed by atoms with Crippen molar-refractivity contribution in [2.75, 3.05) is 25.4 Å². The van der Waals surface area contributed by atoms with Crippen LogP contribution in [0.1, 0.15) is 26.7 Å². The smallest absolute Gasteiger partial charge is 0.191 e. The maximum absolute atomic E-state index is 4.46. The third-order valence-corrected chi connectivity index (χ3v) is 4.14. The molecule has 0 spiro atoms. The minimum Gasteiger partial charge on any atom is -0.357 e. The number of aromatic nitrogens is 1. The molecule has 0 atom stereocenters. The Morgan fingerprint density at radius 3 is 3.00 bits per heavy atom. The second-order valence-corrected chi connectivity index (χ2v) is 5.92. The van der Waals surface area contributed by atoms with Crippen LogP contribution in [0.2, 0.25) is 0 Å². The Morgan fingerprint density at radius 1 is 1.44 bits per heavy atom. The van der Waals surface area contributed by atoms with Crippen molar-refractivity contribution in [3.05, 3.63) is 11.6 Å². The Balaban J connectivity index is 2.10. The van der Waals surface area contributed by atoms with Gasteiger partial charge in [0, 0.05) is 37.0 Å². The molecule has 4 nitrogen and oxygen atoms in total. The second kappa shape index (κ2) is 10.2. The Hall–Kier alpha value is -0.750. The first kappa shape index (κ1) is 15.3. The molecule has 18 heavy (non-hydrogen) atoms. The second-order valence-electron chi connectivity index (χ2n) is 3.69. The number of thioether (sulfide) groups is 1. The Labute approximate surface area is 118 Å². The monoisotopic (exact) mass is 286 g/mol. The Bertz CT molecular complexity index is 325. The van der Waals surface area contributed by atoms with Gasteiger partial charge in [0.15, 0.2) is 5.96 Å². The van der Waals surface area contributed by atoms with Crippen LogP contribution in [0.4, 0.5) is 0 Å². The van der Waals surface area contributed by atoms with Gasteiger partial charge in [-0.25, -0.2) is 4.98 Å². The van der Waals surface area contributed by atoms with Gasteiger partial charge in [0.05, 0.1) is 0 Å². The van der Waals surface area contributed by atoms with Gasteiger partial charge in [0.2, 0.25) is 0 Å². The number of thiazole rings is 1. The molecule has 0 aliphatic carbocycles. The zero-order valence-corrected chi connectivity index (χ0v) is 12.7. The highest BCUT2D eigenvalue weighted by Gasteiger charge is 1.98. The summed E-state index contributed by atoms with van der Waals surface area (Å²) in [4.78, 5) is 8.70. The van der Waals surface area contributed by atoms with Crippen molar-refractivity contribution < 1.29 is 0 Å². The van der Waals surface area contributed by atoms with Gasteiger partial charge in [0.25, 0.3) is 0 Å². The van der Waals surface area contributed by atoms with Gasteiger partial charge in [-0.1, -0.05) is 18.7 Å². The fraction of sp³-hybridized carbons (Fsp3) is 0.667. The van der Waals surface area contributed by atoms with Gasteiger partial charge < -0.3 is 10.6 Å². The normalized spacial score (nSPS) is 11.6. The molecule has 0 unspecified atom stereocenters. The quantitative estimate of drug-likeness (QED) is 0.334. The van der Waals surface area contributed by atoms with E-state index in [1.54, 1.807) is 11.3 Å². The lowest BCUT2D eigenvalue weighted by Crippen LogP contribution is -2.38. The Morgan fingerprint density at radius 2 is 2.33 bits per heavy atom.